The number of hydrogen-bond acceptors (Lipinski definition) is 5. The average Bonchev–Trinajstić information content (AvgIpc) is 2.85. The zero-order chi connectivity index (χ0) is 16.6. The summed E-state index contributed by atoms with van der Waals surface area (Å²) in [5, 5.41) is 10.8. The van der Waals surface area contributed by atoms with Crippen LogP contribution >= 0.6 is 0 Å². The molecule has 0 atom stereocenters. The molecule has 23 heavy (non-hydrogen) atoms. The maximum Gasteiger partial charge on any atom is 0.269 e. The largest absolute Gasteiger partial charge is 0.398 e. The number of nitro benzene ring substituents is 1. The summed E-state index contributed by atoms with van der Waals surface area (Å²) in [6, 6.07) is 10.1. The molecule has 118 valence electrons. The van der Waals surface area contributed by atoms with E-state index in [-0.39, 0.29) is 5.69 Å². The smallest absolute Gasteiger partial charge is 0.269 e. The van der Waals surface area contributed by atoms with Gasteiger partial charge in [-0.15, -0.1) is 0 Å². The van der Waals surface area contributed by atoms with E-state index >= 15 is 0 Å². The first-order valence-electron chi connectivity index (χ1n) is 7.11. The average molecular weight is 311 g/mol. The second-order valence-electron chi connectivity index (χ2n) is 5.64. The van der Waals surface area contributed by atoms with E-state index in [1.165, 1.54) is 12.1 Å². The molecule has 2 heterocycles. The molecular formula is C16H17N5O2. The van der Waals surface area contributed by atoms with Crippen LogP contribution in [0.5, 0.6) is 0 Å². The number of non-ortho nitro benzene ring substituents is 1. The second-order valence-corrected chi connectivity index (χ2v) is 5.64. The number of rotatable bonds is 4. The Morgan fingerprint density at radius 2 is 1.91 bits per heavy atom. The molecule has 0 amide bonds. The SMILES string of the molecule is CN(C)Cc1c(-c2ccc([N+](=O)[O-])cc2)nc2ccc(N)cn12. The zero-order valence-electron chi connectivity index (χ0n) is 12.9. The fraction of sp³-hybridized carbons (Fsp3) is 0.188. The van der Waals surface area contributed by atoms with Crippen LogP contribution in [-0.2, 0) is 6.54 Å². The molecule has 0 spiro atoms. The highest BCUT2D eigenvalue weighted by molar-refractivity contribution is 5.68. The molecule has 0 aliphatic carbocycles. The lowest BCUT2D eigenvalue weighted by molar-refractivity contribution is -0.384. The number of fused-ring (bicyclic) bond motifs is 1. The lowest BCUT2D eigenvalue weighted by atomic mass is 10.1. The van der Waals surface area contributed by atoms with Crippen LogP contribution in [0.25, 0.3) is 16.9 Å². The van der Waals surface area contributed by atoms with Crippen LogP contribution < -0.4 is 5.73 Å². The highest BCUT2D eigenvalue weighted by Gasteiger charge is 2.16. The molecule has 7 nitrogen and oxygen atoms in total. The predicted octanol–water partition coefficient (Wildman–Crippen LogP) is 2.55. The summed E-state index contributed by atoms with van der Waals surface area (Å²) in [4.78, 5) is 17.1. The molecule has 2 aromatic heterocycles. The van der Waals surface area contributed by atoms with Crippen LogP contribution in [0.3, 0.4) is 0 Å². The van der Waals surface area contributed by atoms with Crippen molar-refractivity contribution in [2.75, 3.05) is 19.8 Å². The quantitative estimate of drug-likeness (QED) is 0.591. The maximum absolute atomic E-state index is 10.8. The van der Waals surface area contributed by atoms with Gasteiger partial charge in [0.1, 0.15) is 5.65 Å². The summed E-state index contributed by atoms with van der Waals surface area (Å²) in [5.74, 6) is 0. The maximum atomic E-state index is 10.8. The number of nitrogens with two attached hydrogens (primary N) is 1. The molecule has 0 unspecified atom stereocenters. The Hall–Kier alpha value is -2.93. The summed E-state index contributed by atoms with van der Waals surface area (Å²) in [7, 11) is 3.95. The third kappa shape index (κ3) is 2.86. The van der Waals surface area contributed by atoms with Gasteiger partial charge in [-0.1, -0.05) is 0 Å². The monoisotopic (exact) mass is 311 g/mol. The van der Waals surface area contributed by atoms with E-state index in [0.29, 0.717) is 12.2 Å². The van der Waals surface area contributed by atoms with Crippen molar-refractivity contribution < 1.29 is 4.92 Å². The van der Waals surface area contributed by atoms with Gasteiger partial charge in [-0.3, -0.25) is 10.1 Å². The Balaban J connectivity index is 2.17. The summed E-state index contributed by atoms with van der Waals surface area (Å²) in [6.45, 7) is 0.678. The van der Waals surface area contributed by atoms with Gasteiger partial charge in [0.25, 0.3) is 5.69 Å². The molecule has 7 heteroatoms. The molecule has 0 fully saturated rings. The predicted molar refractivity (Wildman–Crippen MR) is 89.1 cm³/mol. The highest BCUT2D eigenvalue weighted by atomic mass is 16.6. The van der Waals surface area contributed by atoms with E-state index in [0.717, 1.165) is 22.6 Å². The Morgan fingerprint density at radius 1 is 1.22 bits per heavy atom. The Kier molecular flexibility index (Phi) is 3.71. The minimum atomic E-state index is -0.408. The molecule has 0 saturated carbocycles. The lowest BCUT2D eigenvalue weighted by Crippen LogP contribution is -2.13. The van der Waals surface area contributed by atoms with E-state index < -0.39 is 4.92 Å². The van der Waals surface area contributed by atoms with Crippen LogP contribution in [0.2, 0.25) is 0 Å². The number of imidazole rings is 1. The third-order valence-corrected chi connectivity index (χ3v) is 3.56. The fourth-order valence-electron chi connectivity index (χ4n) is 2.53. The molecule has 0 aliphatic heterocycles. The fourth-order valence-corrected chi connectivity index (χ4v) is 2.53. The first-order chi connectivity index (χ1) is 11.0. The van der Waals surface area contributed by atoms with Gasteiger partial charge in [-0.05, 0) is 38.4 Å². The summed E-state index contributed by atoms with van der Waals surface area (Å²) in [6.07, 6.45) is 1.84. The third-order valence-electron chi connectivity index (χ3n) is 3.56. The molecule has 0 bridgehead atoms. The number of pyridine rings is 1. The molecule has 3 aromatic rings. The van der Waals surface area contributed by atoms with Gasteiger partial charge in [0.05, 0.1) is 16.3 Å². The van der Waals surface area contributed by atoms with Crippen LogP contribution in [0, 0.1) is 10.1 Å². The number of nitrogens with zero attached hydrogens (tertiary/aromatic N) is 4. The van der Waals surface area contributed by atoms with Gasteiger partial charge in [0.15, 0.2) is 0 Å². The van der Waals surface area contributed by atoms with Crippen LogP contribution in [0.1, 0.15) is 5.69 Å². The van der Waals surface area contributed by atoms with Gasteiger partial charge in [-0.2, -0.15) is 0 Å². The molecule has 0 saturated heterocycles. The van der Waals surface area contributed by atoms with Crippen molar-refractivity contribution in [2.45, 2.75) is 6.54 Å². The molecular weight excluding hydrogens is 294 g/mol. The molecule has 2 N–H and O–H groups in total. The van der Waals surface area contributed by atoms with E-state index in [2.05, 4.69) is 4.98 Å². The molecule has 0 radical (unpaired) electrons. The number of nitro groups is 1. The van der Waals surface area contributed by atoms with Gasteiger partial charge in [0, 0.05) is 36.1 Å². The van der Waals surface area contributed by atoms with Crippen molar-refractivity contribution in [1.82, 2.24) is 14.3 Å². The van der Waals surface area contributed by atoms with Crippen molar-refractivity contribution in [3.05, 3.63) is 58.4 Å². The standard InChI is InChI=1S/C16H17N5O2/c1-19(2)10-14-16(11-3-6-13(7-4-11)21(22)23)18-15-8-5-12(17)9-20(14)15/h3-9H,10,17H2,1-2H3. The van der Waals surface area contributed by atoms with Gasteiger partial charge in [-0.25, -0.2) is 4.98 Å². The molecule has 0 aliphatic rings. The zero-order valence-corrected chi connectivity index (χ0v) is 12.9. The van der Waals surface area contributed by atoms with Crippen LogP contribution in [-0.4, -0.2) is 33.3 Å². The normalized spacial score (nSPS) is 11.3. The van der Waals surface area contributed by atoms with E-state index in [1.807, 2.05) is 35.7 Å². The minimum Gasteiger partial charge on any atom is -0.398 e. The van der Waals surface area contributed by atoms with Gasteiger partial charge < -0.3 is 15.0 Å². The van der Waals surface area contributed by atoms with Crippen molar-refractivity contribution in [3.8, 4) is 11.3 Å². The number of aromatic nitrogens is 2. The van der Waals surface area contributed by atoms with Crippen LogP contribution in [0.4, 0.5) is 11.4 Å². The van der Waals surface area contributed by atoms with Crippen molar-refractivity contribution >= 4 is 17.0 Å². The number of nitrogen functional groups attached to an aromatic ring is 1. The summed E-state index contributed by atoms with van der Waals surface area (Å²) in [5.41, 5.74) is 10.0. The summed E-state index contributed by atoms with van der Waals surface area (Å²) >= 11 is 0. The van der Waals surface area contributed by atoms with Crippen molar-refractivity contribution in [2.24, 2.45) is 0 Å². The second kappa shape index (κ2) is 5.69. The molecule has 3 rings (SSSR count). The number of anilines is 1. The molecule has 1 aromatic carbocycles. The van der Waals surface area contributed by atoms with E-state index in [4.69, 9.17) is 5.73 Å². The Morgan fingerprint density at radius 3 is 2.52 bits per heavy atom. The first kappa shape index (κ1) is 15.0. The minimum absolute atomic E-state index is 0.0657. The first-order valence-corrected chi connectivity index (χ1v) is 7.11. The Bertz CT molecular complexity index is 868. The van der Waals surface area contributed by atoms with Crippen LogP contribution in [0.15, 0.2) is 42.6 Å². The van der Waals surface area contributed by atoms with E-state index in [1.54, 1.807) is 18.2 Å². The lowest BCUT2D eigenvalue weighted by Gasteiger charge is -2.11. The summed E-state index contributed by atoms with van der Waals surface area (Å²) < 4.78 is 1.96. The van der Waals surface area contributed by atoms with E-state index in [9.17, 15) is 10.1 Å². The van der Waals surface area contributed by atoms with Gasteiger partial charge in [0.2, 0.25) is 0 Å². The Labute approximate surface area is 133 Å². The highest BCUT2D eigenvalue weighted by Crippen LogP contribution is 2.27. The number of hydrogen-bond donors (Lipinski definition) is 1. The topological polar surface area (TPSA) is 89.7 Å². The van der Waals surface area contributed by atoms with Gasteiger partial charge >= 0.3 is 0 Å². The number of benzene rings is 1. The van der Waals surface area contributed by atoms with Crippen molar-refractivity contribution in [1.29, 1.82) is 0 Å². The van der Waals surface area contributed by atoms with Crippen molar-refractivity contribution in [3.63, 3.8) is 0 Å².